The van der Waals surface area contributed by atoms with Crippen LogP contribution in [0, 0.1) is 10.1 Å². The number of nitro groups is 1. The van der Waals surface area contributed by atoms with Crippen LogP contribution >= 0.6 is 0 Å². The Morgan fingerprint density at radius 2 is 1.65 bits per heavy atom. The highest BCUT2D eigenvalue weighted by atomic mass is 16.6. The van der Waals surface area contributed by atoms with Crippen molar-refractivity contribution in [2.24, 2.45) is 10.2 Å². The van der Waals surface area contributed by atoms with Gasteiger partial charge in [0.05, 0.1) is 17.4 Å². The molecule has 0 saturated carbocycles. The van der Waals surface area contributed by atoms with Gasteiger partial charge in [0, 0.05) is 17.7 Å². The molecule has 0 aliphatic rings. The highest BCUT2D eigenvalue weighted by molar-refractivity contribution is 5.84. The number of nitro benzene ring substituents is 1. The number of hydrogen-bond donors (Lipinski definition) is 1. The molecule has 0 saturated heterocycles. The van der Waals surface area contributed by atoms with Gasteiger partial charge in [-0.15, -0.1) is 0 Å². The average molecular weight is 269 g/mol. The third-order valence-corrected chi connectivity index (χ3v) is 2.51. The van der Waals surface area contributed by atoms with Crippen molar-refractivity contribution in [1.82, 2.24) is 0 Å². The van der Waals surface area contributed by atoms with Crippen LogP contribution < -0.4 is 0 Å². The van der Waals surface area contributed by atoms with E-state index < -0.39 is 4.92 Å². The first-order valence-corrected chi connectivity index (χ1v) is 5.75. The molecule has 0 aliphatic carbocycles. The van der Waals surface area contributed by atoms with Crippen LogP contribution in [0.2, 0.25) is 0 Å². The summed E-state index contributed by atoms with van der Waals surface area (Å²) >= 11 is 0. The number of hydrogen-bond acceptors (Lipinski definition) is 5. The molecule has 0 radical (unpaired) electrons. The number of nitrogens with zero attached hydrogens (tertiary/aromatic N) is 3. The Labute approximate surface area is 114 Å². The summed E-state index contributed by atoms with van der Waals surface area (Å²) in [6.07, 6.45) is 2.90. The molecule has 2 rings (SSSR count). The van der Waals surface area contributed by atoms with Gasteiger partial charge in [0.15, 0.2) is 0 Å². The molecule has 0 atom stereocenters. The van der Waals surface area contributed by atoms with Gasteiger partial charge in [-0.1, -0.05) is 12.1 Å². The lowest BCUT2D eigenvalue weighted by atomic mass is 10.2. The van der Waals surface area contributed by atoms with Gasteiger partial charge in [0.1, 0.15) is 5.75 Å². The van der Waals surface area contributed by atoms with E-state index in [1.54, 1.807) is 36.4 Å². The van der Waals surface area contributed by atoms with E-state index >= 15 is 0 Å². The molecule has 1 N–H and O–H groups in total. The van der Waals surface area contributed by atoms with Crippen molar-refractivity contribution < 1.29 is 10.0 Å². The monoisotopic (exact) mass is 269 g/mol. The summed E-state index contributed by atoms with van der Waals surface area (Å²) in [5.74, 6) is 0.127. The quantitative estimate of drug-likeness (QED) is 0.525. The van der Waals surface area contributed by atoms with Gasteiger partial charge < -0.3 is 5.11 Å². The van der Waals surface area contributed by atoms with Gasteiger partial charge >= 0.3 is 0 Å². The Hall–Kier alpha value is -3.02. The minimum atomic E-state index is -0.461. The van der Waals surface area contributed by atoms with Crippen molar-refractivity contribution in [1.29, 1.82) is 0 Å². The fourth-order valence-electron chi connectivity index (χ4n) is 1.47. The highest BCUT2D eigenvalue weighted by Crippen LogP contribution is 2.13. The minimum Gasteiger partial charge on any atom is -0.507 e. The topological polar surface area (TPSA) is 88.1 Å². The number of benzene rings is 2. The Balaban J connectivity index is 2.03. The van der Waals surface area contributed by atoms with Crippen LogP contribution in [-0.4, -0.2) is 22.5 Å². The molecule has 0 bridgehead atoms. The maximum atomic E-state index is 10.5. The zero-order valence-electron chi connectivity index (χ0n) is 10.4. The molecule has 0 spiro atoms. The fourth-order valence-corrected chi connectivity index (χ4v) is 1.47. The summed E-state index contributed by atoms with van der Waals surface area (Å²) in [6, 6.07) is 12.7. The van der Waals surface area contributed by atoms with E-state index in [0.717, 1.165) is 0 Å². The number of phenols is 1. The van der Waals surface area contributed by atoms with Crippen LogP contribution in [0.1, 0.15) is 11.1 Å². The predicted octanol–water partition coefficient (Wildman–Crippen LogP) is 2.75. The molecule has 6 nitrogen and oxygen atoms in total. The first-order chi connectivity index (χ1) is 9.66. The van der Waals surface area contributed by atoms with Gasteiger partial charge in [-0.2, -0.15) is 10.2 Å². The van der Waals surface area contributed by atoms with Crippen molar-refractivity contribution >= 4 is 18.1 Å². The largest absolute Gasteiger partial charge is 0.507 e. The summed E-state index contributed by atoms with van der Waals surface area (Å²) in [7, 11) is 0. The number of rotatable bonds is 4. The molecule has 0 amide bonds. The van der Waals surface area contributed by atoms with E-state index in [9.17, 15) is 15.2 Å². The summed E-state index contributed by atoms with van der Waals surface area (Å²) in [4.78, 5) is 10.0. The maximum absolute atomic E-state index is 10.5. The van der Waals surface area contributed by atoms with Crippen LogP contribution in [0.5, 0.6) is 5.75 Å². The molecule has 6 heteroatoms. The summed E-state index contributed by atoms with van der Waals surface area (Å²) in [5.41, 5.74) is 1.29. The molecular formula is C14H11N3O3. The van der Waals surface area contributed by atoms with Crippen LogP contribution in [0.4, 0.5) is 5.69 Å². The van der Waals surface area contributed by atoms with E-state index in [2.05, 4.69) is 10.2 Å². The summed E-state index contributed by atoms with van der Waals surface area (Å²) in [5, 5.41) is 27.6. The lowest BCUT2D eigenvalue weighted by Gasteiger charge is -1.94. The first-order valence-electron chi connectivity index (χ1n) is 5.75. The van der Waals surface area contributed by atoms with E-state index in [1.165, 1.54) is 24.6 Å². The van der Waals surface area contributed by atoms with Crippen LogP contribution in [0.3, 0.4) is 0 Å². The van der Waals surface area contributed by atoms with Gasteiger partial charge in [-0.25, -0.2) is 0 Å². The standard InChI is InChI=1S/C14H11N3O3/c18-14-4-2-1-3-12(14)10-16-15-9-11-5-7-13(8-6-11)17(19)20/h1-10,18H/b15-9?,16-10+. The molecule has 0 aromatic heterocycles. The number of non-ortho nitro benzene ring substituents is 1. The molecule has 0 fully saturated rings. The number of aromatic hydroxyl groups is 1. The Morgan fingerprint density at radius 3 is 2.30 bits per heavy atom. The number of phenolic OH excluding ortho intramolecular Hbond substituents is 1. The smallest absolute Gasteiger partial charge is 0.269 e. The van der Waals surface area contributed by atoms with Crippen molar-refractivity contribution in [2.45, 2.75) is 0 Å². The van der Waals surface area contributed by atoms with Crippen LogP contribution in [0.15, 0.2) is 58.7 Å². The second kappa shape index (κ2) is 6.24. The van der Waals surface area contributed by atoms with E-state index in [1.807, 2.05) is 0 Å². The molecule has 2 aromatic carbocycles. The van der Waals surface area contributed by atoms with Crippen molar-refractivity contribution in [3.05, 3.63) is 69.8 Å². The Bertz CT molecular complexity index is 664. The Kier molecular flexibility index (Phi) is 4.18. The second-order valence-electron chi connectivity index (χ2n) is 3.90. The van der Waals surface area contributed by atoms with E-state index in [-0.39, 0.29) is 11.4 Å². The highest BCUT2D eigenvalue weighted by Gasteiger charge is 2.02. The molecule has 2 aromatic rings. The van der Waals surface area contributed by atoms with Crippen molar-refractivity contribution in [3.8, 4) is 5.75 Å². The SMILES string of the molecule is O=[N+]([O-])c1ccc(C=N/N=C/c2ccccc2O)cc1. The molecule has 20 heavy (non-hydrogen) atoms. The predicted molar refractivity (Wildman–Crippen MR) is 76.4 cm³/mol. The third-order valence-electron chi connectivity index (χ3n) is 2.51. The average Bonchev–Trinajstić information content (AvgIpc) is 2.46. The lowest BCUT2D eigenvalue weighted by molar-refractivity contribution is -0.384. The molecule has 0 heterocycles. The van der Waals surface area contributed by atoms with E-state index in [4.69, 9.17) is 0 Å². The van der Waals surface area contributed by atoms with Gasteiger partial charge in [0.2, 0.25) is 0 Å². The first kappa shape index (κ1) is 13.4. The van der Waals surface area contributed by atoms with E-state index in [0.29, 0.717) is 11.1 Å². The third kappa shape index (κ3) is 3.49. The summed E-state index contributed by atoms with van der Waals surface area (Å²) in [6.45, 7) is 0. The molecular weight excluding hydrogens is 258 g/mol. The second-order valence-corrected chi connectivity index (χ2v) is 3.90. The zero-order chi connectivity index (χ0) is 14.4. The van der Waals surface area contributed by atoms with Gasteiger partial charge in [0.25, 0.3) is 5.69 Å². The molecule has 0 aliphatic heterocycles. The fraction of sp³-hybridized carbons (Fsp3) is 0. The normalized spacial score (nSPS) is 11.2. The van der Waals surface area contributed by atoms with Gasteiger partial charge in [-0.3, -0.25) is 10.1 Å². The Morgan fingerprint density at radius 1 is 1.00 bits per heavy atom. The maximum Gasteiger partial charge on any atom is 0.269 e. The summed E-state index contributed by atoms with van der Waals surface area (Å²) < 4.78 is 0. The molecule has 100 valence electrons. The van der Waals surface area contributed by atoms with Crippen LogP contribution in [-0.2, 0) is 0 Å². The minimum absolute atomic E-state index is 0.0276. The zero-order valence-corrected chi connectivity index (χ0v) is 10.4. The van der Waals surface area contributed by atoms with Crippen molar-refractivity contribution in [3.63, 3.8) is 0 Å². The van der Waals surface area contributed by atoms with Gasteiger partial charge in [-0.05, 0) is 29.8 Å². The molecule has 0 unspecified atom stereocenters. The van der Waals surface area contributed by atoms with Crippen LogP contribution in [0.25, 0.3) is 0 Å². The lowest BCUT2D eigenvalue weighted by Crippen LogP contribution is -1.88. The van der Waals surface area contributed by atoms with Crippen molar-refractivity contribution in [2.75, 3.05) is 0 Å². The number of para-hydroxylation sites is 1.